The SMILES string of the molecule is [C-]#[O+].[C-]#[O+].[C-]#[O+].[CH2-]C.[CH]1C=CC=C1.[Mo]. The van der Waals surface area contributed by atoms with Crippen LogP contribution in [0.3, 0.4) is 0 Å². The first-order chi connectivity index (χ1) is 6.50. The summed E-state index contributed by atoms with van der Waals surface area (Å²) in [6.45, 7) is 18.5. The number of allylic oxidation sites excluding steroid dienone is 4. The Labute approximate surface area is 99.7 Å². The van der Waals surface area contributed by atoms with Gasteiger partial charge in [0.25, 0.3) is 0 Å². The van der Waals surface area contributed by atoms with E-state index in [9.17, 15) is 0 Å². The van der Waals surface area contributed by atoms with Gasteiger partial charge < -0.3 is 6.92 Å². The van der Waals surface area contributed by atoms with E-state index in [2.05, 4.69) is 26.9 Å². The second kappa shape index (κ2) is 83.4. The Morgan fingerprint density at radius 1 is 0.714 bits per heavy atom. The molecule has 0 N–H and O–H groups in total. The van der Waals surface area contributed by atoms with Crippen LogP contribution in [-0.4, -0.2) is 0 Å². The zero-order valence-electron chi connectivity index (χ0n) is 7.73. The first kappa shape index (κ1) is 29.2. The van der Waals surface area contributed by atoms with Crippen LogP contribution >= 0.6 is 0 Å². The molecule has 0 unspecified atom stereocenters. The maximum absolute atomic E-state index is 7.50. The number of hydrogen-bond acceptors (Lipinski definition) is 0. The van der Waals surface area contributed by atoms with Crippen LogP contribution in [0.1, 0.15) is 6.92 Å². The van der Waals surface area contributed by atoms with Crippen molar-refractivity contribution in [3.8, 4) is 0 Å². The van der Waals surface area contributed by atoms with Crippen molar-refractivity contribution in [1.29, 1.82) is 0 Å². The van der Waals surface area contributed by atoms with Gasteiger partial charge in [0.1, 0.15) is 0 Å². The minimum atomic E-state index is 0. The van der Waals surface area contributed by atoms with Gasteiger partial charge in [-0.1, -0.05) is 24.3 Å². The third-order valence-electron chi connectivity index (χ3n) is 0.556. The Hall–Kier alpha value is -0.612. The van der Waals surface area contributed by atoms with Crippen LogP contribution in [0.4, 0.5) is 0 Å². The van der Waals surface area contributed by atoms with Crippen LogP contribution in [-0.2, 0) is 35.0 Å². The zero-order valence-corrected chi connectivity index (χ0v) is 9.73. The zero-order chi connectivity index (χ0) is 11.5. The largest absolute Gasteiger partial charge is 0.346 e. The van der Waals surface area contributed by atoms with Crippen molar-refractivity contribution >= 4 is 0 Å². The van der Waals surface area contributed by atoms with Gasteiger partial charge in [0.2, 0.25) is 0 Å². The monoisotopic (exact) mass is 276 g/mol. The van der Waals surface area contributed by atoms with Gasteiger partial charge >= 0.3 is 33.9 Å². The summed E-state index contributed by atoms with van der Waals surface area (Å²) in [6.07, 6.45) is 10.0. The van der Waals surface area contributed by atoms with Gasteiger partial charge in [0.15, 0.2) is 0 Å². The smallest absolute Gasteiger partial charge is 0.00506 e. The summed E-state index contributed by atoms with van der Waals surface area (Å²) in [6, 6.07) is 0. The molecule has 1 radical (unpaired) electrons. The molecule has 0 heterocycles. The van der Waals surface area contributed by atoms with Crippen molar-refractivity contribution in [3.63, 3.8) is 0 Å². The van der Waals surface area contributed by atoms with Crippen LogP contribution in [0.5, 0.6) is 0 Å². The van der Waals surface area contributed by atoms with E-state index in [1.165, 1.54) is 0 Å². The molecule has 0 aliphatic heterocycles. The van der Waals surface area contributed by atoms with Crippen molar-refractivity contribution in [1.82, 2.24) is 0 Å². The van der Waals surface area contributed by atoms with Gasteiger partial charge in [-0.25, -0.2) is 0 Å². The summed E-state index contributed by atoms with van der Waals surface area (Å²) in [5.41, 5.74) is 0. The third-order valence-corrected chi connectivity index (χ3v) is 0.556. The predicted octanol–water partition coefficient (Wildman–Crippen LogP) is 2.04. The van der Waals surface area contributed by atoms with E-state index in [1.54, 1.807) is 6.92 Å². The molecule has 0 saturated heterocycles. The van der Waals surface area contributed by atoms with E-state index in [0.29, 0.717) is 0 Å². The molecule has 0 saturated carbocycles. The second-order valence-corrected chi connectivity index (χ2v) is 0.962. The minimum absolute atomic E-state index is 0. The van der Waals surface area contributed by atoms with E-state index in [-0.39, 0.29) is 21.1 Å². The van der Waals surface area contributed by atoms with Crippen LogP contribution in [0.2, 0.25) is 0 Å². The molecular weight excluding hydrogens is 264 g/mol. The van der Waals surface area contributed by atoms with Crippen molar-refractivity contribution in [2.75, 3.05) is 0 Å². The van der Waals surface area contributed by atoms with Crippen LogP contribution in [0.25, 0.3) is 0 Å². The Balaban J connectivity index is -0.0000000267. The van der Waals surface area contributed by atoms with Gasteiger partial charge in [-0.3, -0.25) is 0 Å². The maximum atomic E-state index is 7.50. The summed E-state index contributed by atoms with van der Waals surface area (Å²) in [5.74, 6) is 0. The van der Waals surface area contributed by atoms with E-state index < -0.39 is 0 Å². The van der Waals surface area contributed by atoms with Crippen LogP contribution in [0.15, 0.2) is 24.3 Å². The van der Waals surface area contributed by atoms with Crippen molar-refractivity contribution in [2.24, 2.45) is 0 Å². The predicted molar refractivity (Wildman–Crippen MR) is 45.4 cm³/mol. The third kappa shape index (κ3) is 63.8. The van der Waals surface area contributed by atoms with Crippen LogP contribution in [0, 0.1) is 33.3 Å². The van der Waals surface area contributed by atoms with E-state index >= 15 is 0 Å². The van der Waals surface area contributed by atoms with Crippen molar-refractivity contribution in [2.45, 2.75) is 6.92 Å². The Morgan fingerprint density at radius 3 is 1.00 bits per heavy atom. The summed E-state index contributed by atoms with van der Waals surface area (Å²) in [4.78, 5) is 0. The molecule has 0 spiro atoms. The molecule has 3 nitrogen and oxygen atoms in total. The Morgan fingerprint density at radius 2 is 0.929 bits per heavy atom. The molecule has 75 valence electrons. The first-order valence-corrected chi connectivity index (χ1v) is 2.99. The average Bonchev–Trinajstić information content (AvgIpc) is 2.87. The van der Waals surface area contributed by atoms with E-state index in [0.717, 1.165) is 0 Å². The molecule has 0 aromatic carbocycles. The molecule has 0 amide bonds. The van der Waals surface area contributed by atoms with Crippen LogP contribution < -0.4 is 0 Å². The summed E-state index contributed by atoms with van der Waals surface area (Å²) >= 11 is 0. The maximum Gasteiger partial charge on any atom is 0.00506 e. The molecule has 4 heteroatoms. The quantitative estimate of drug-likeness (QED) is 0.369. The summed E-state index contributed by atoms with van der Waals surface area (Å²) < 4.78 is 22.5. The fourth-order valence-corrected chi connectivity index (χ4v) is 0.321. The van der Waals surface area contributed by atoms with Gasteiger partial charge in [0.05, 0.1) is 0 Å². The molecule has 14 heavy (non-hydrogen) atoms. The number of hydrogen-bond donors (Lipinski definition) is 0. The Bertz CT molecular complexity index is 142. The van der Waals surface area contributed by atoms with Crippen molar-refractivity contribution in [3.05, 3.63) is 57.6 Å². The van der Waals surface area contributed by atoms with Gasteiger partial charge in [-0.2, -0.15) is 6.92 Å². The molecule has 1 aliphatic rings. The normalized spacial score (nSPS) is 7.14. The summed E-state index contributed by atoms with van der Waals surface area (Å²) in [5, 5.41) is 0. The van der Waals surface area contributed by atoms with Gasteiger partial charge in [0, 0.05) is 27.5 Å². The second-order valence-electron chi connectivity index (χ2n) is 0.962. The molecule has 1 rings (SSSR count). The molecule has 0 aromatic rings. The standard InChI is InChI=1S/C5H5.C2H5.3CO.Mo/c1-2-4-5-3-1;4*1-2;/h1-5H;1H2,2H3;;;;/q;-1;;;;. The fourth-order valence-electron chi connectivity index (χ4n) is 0.321. The summed E-state index contributed by atoms with van der Waals surface area (Å²) in [7, 11) is 0. The van der Waals surface area contributed by atoms with Gasteiger partial charge in [-0.05, 0) is 0 Å². The Kier molecular flexibility index (Phi) is 174. The van der Waals surface area contributed by atoms with Gasteiger partial charge in [-0.15, -0.1) is 0 Å². The topological polar surface area (TPSA) is 59.7 Å². The molecule has 0 bridgehead atoms. The number of rotatable bonds is 0. The first-order valence-electron chi connectivity index (χ1n) is 2.99. The molecule has 1 aliphatic carbocycles. The average molecular weight is 274 g/mol. The van der Waals surface area contributed by atoms with Crippen molar-refractivity contribution < 1.29 is 35.0 Å². The van der Waals surface area contributed by atoms with E-state index in [1.807, 2.05) is 30.7 Å². The molecule has 0 aromatic heterocycles. The minimum Gasteiger partial charge on any atom is -0.346 e. The molecule has 0 atom stereocenters. The van der Waals surface area contributed by atoms with E-state index in [4.69, 9.17) is 14.0 Å². The fraction of sp³-hybridized carbons (Fsp3) is 0.100. The molecular formula is C10H10MoO3-. The molecule has 0 fully saturated rings.